The summed E-state index contributed by atoms with van der Waals surface area (Å²) in [5.41, 5.74) is 0.616. The van der Waals surface area contributed by atoms with Crippen LogP contribution in [0.15, 0.2) is 10.6 Å². The van der Waals surface area contributed by atoms with Crippen LogP contribution < -0.4 is 0 Å². The van der Waals surface area contributed by atoms with Gasteiger partial charge in [-0.25, -0.2) is 0 Å². The van der Waals surface area contributed by atoms with Gasteiger partial charge >= 0.3 is 5.97 Å². The summed E-state index contributed by atoms with van der Waals surface area (Å²) in [6, 6.07) is 1.51. The standard InChI is InChI=1S/C9H12N2O4/c1-6-4-7(15-10-6)9(13)11(2)5-8(12)14-3/h4H,5H2,1-3H3. The van der Waals surface area contributed by atoms with Gasteiger partial charge in [-0.15, -0.1) is 0 Å². The molecule has 6 nitrogen and oxygen atoms in total. The van der Waals surface area contributed by atoms with E-state index in [1.165, 1.54) is 25.1 Å². The van der Waals surface area contributed by atoms with Crippen molar-refractivity contribution in [3.63, 3.8) is 0 Å². The van der Waals surface area contributed by atoms with Gasteiger partial charge in [0, 0.05) is 13.1 Å². The third-order valence-electron chi connectivity index (χ3n) is 1.78. The number of likely N-dealkylation sites (N-methyl/N-ethyl adjacent to an activating group) is 1. The average molecular weight is 212 g/mol. The van der Waals surface area contributed by atoms with Crippen molar-refractivity contribution in [1.82, 2.24) is 10.1 Å². The van der Waals surface area contributed by atoms with Gasteiger partial charge in [0.15, 0.2) is 0 Å². The van der Waals surface area contributed by atoms with Gasteiger partial charge in [0.25, 0.3) is 5.91 Å². The van der Waals surface area contributed by atoms with Crippen molar-refractivity contribution in [1.29, 1.82) is 0 Å². The van der Waals surface area contributed by atoms with Crippen LogP contribution in [-0.2, 0) is 9.53 Å². The smallest absolute Gasteiger partial charge is 0.325 e. The largest absolute Gasteiger partial charge is 0.468 e. The molecule has 1 aromatic rings. The van der Waals surface area contributed by atoms with E-state index in [1.807, 2.05) is 0 Å². The number of carbonyl (C=O) groups excluding carboxylic acids is 2. The molecule has 0 fully saturated rings. The fourth-order valence-corrected chi connectivity index (χ4v) is 0.982. The highest BCUT2D eigenvalue weighted by Crippen LogP contribution is 2.05. The summed E-state index contributed by atoms with van der Waals surface area (Å²) in [6.07, 6.45) is 0. The molecule has 0 aliphatic heterocycles. The maximum atomic E-state index is 11.6. The molecule has 0 N–H and O–H groups in total. The molecule has 6 heteroatoms. The van der Waals surface area contributed by atoms with Gasteiger partial charge < -0.3 is 14.2 Å². The molecule has 0 atom stereocenters. The van der Waals surface area contributed by atoms with Gasteiger partial charge in [-0.2, -0.15) is 0 Å². The molecule has 0 bridgehead atoms. The SMILES string of the molecule is COC(=O)CN(C)C(=O)c1cc(C)no1. The van der Waals surface area contributed by atoms with Crippen molar-refractivity contribution in [2.24, 2.45) is 0 Å². The van der Waals surface area contributed by atoms with Crippen LogP contribution in [0, 0.1) is 6.92 Å². The second kappa shape index (κ2) is 4.59. The summed E-state index contributed by atoms with van der Waals surface area (Å²) in [6.45, 7) is 1.59. The fraction of sp³-hybridized carbons (Fsp3) is 0.444. The Balaban J connectivity index is 2.64. The number of hydrogen-bond acceptors (Lipinski definition) is 5. The van der Waals surface area contributed by atoms with Crippen molar-refractivity contribution in [3.05, 3.63) is 17.5 Å². The van der Waals surface area contributed by atoms with E-state index in [0.717, 1.165) is 0 Å². The normalized spacial score (nSPS) is 9.80. The number of carbonyl (C=O) groups is 2. The van der Waals surface area contributed by atoms with Crippen LogP contribution in [0.25, 0.3) is 0 Å². The number of rotatable bonds is 3. The number of ether oxygens (including phenoxy) is 1. The second-order valence-corrected chi connectivity index (χ2v) is 3.07. The Hall–Kier alpha value is -1.85. The zero-order valence-corrected chi connectivity index (χ0v) is 8.81. The Bertz CT molecular complexity index is 372. The molecule has 0 saturated heterocycles. The summed E-state index contributed by atoms with van der Waals surface area (Å²) >= 11 is 0. The molecule has 1 aromatic heterocycles. The molecule has 0 aromatic carbocycles. The number of nitrogens with zero attached hydrogens (tertiary/aromatic N) is 2. The van der Waals surface area contributed by atoms with Crippen LogP contribution in [0.5, 0.6) is 0 Å². The van der Waals surface area contributed by atoms with Crippen LogP contribution in [-0.4, -0.2) is 42.6 Å². The predicted octanol–water partition coefficient (Wildman–Crippen LogP) is 0.228. The summed E-state index contributed by atoms with van der Waals surface area (Å²) < 4.78 is 9.20. The Kier molecular flexibility index (Phi) is 3.43. The highest BCUT2D eigenvalue weighted by molar-refractivity contribution is 5.93. The number of esters is 1. The minimum atomic E-state index is -0.484. The molecule has 0 radical (unpaired) electrons. The highest BCUT2D eigenvalue weighted by Gasteiger charge is 2.18. The maximum Gasteiger partial charge on any atom is 0.325 e. The zero-order chi connectivity index (χ0) is 11.4. The lowest BCUT2D eigenvalue weighted by molar-refractivity contribution is -0.141. The van der Waals surface area contributed by atoms with Crippen molar-refractivity contribution < 1.29 is 18.8 Å². The number of hydrogen-bond donors (Lipinski definition) is 0. The van der Waals surface area contributed by atoms with Crippen LogP contribution in [0.2, 0.25) is 0 Å². The summed E-state index contributed by atoms with van der Waals surface area (Å²) in [5.74, 6) is -0.776. The van der Waals surface area contributed by atoms with Crippen LogP contribution >= 0.6 is 0 Å². The van der Waals surface area contributed by atoms with E-state index in [0.29, 0.717) is 5.69 Å². The summed E-state index contributed by atoms with van der Waals surface area (Å²) in [7, 11) is 2.75. The molecule has 1 rings (SSSR count). The van der Waals surface area contributed by atoms with E-state index in [1.54, 1.807) is 6.92 Å². The van der Waals surface area contributed by atoms with Gasteiger partial charge in [-0.3, -0.25) is 9.59 Å². The molecule has 0 saturated carbocycles. The zero-order valence-electron chi connectivity index (χ0n) is 8.81. The topological polar surface area (TPSA) is 72.6 Å². The fourth-order valence-electron chi connectivity index (χ4n) is 0.982. The first kappa shape index (κ1) is 11.2. The lowest BCUT2D eigenvalue weighted by Gasteiger charge is -2.12. The van der Waals surface area contributed by atoms with Crippen LogP contribution in [0.1, 0.15) is 16.2 Å². The molecular weight excluding hydrogens is 200 g/mol. The van der Waals surface area contributed by atoms with Crippen molar-refractivity contribution in [2.75, 3.05) is 20.7 Å². The van der Waals surface area contributed by atoms with Crippen LogP contribution in [0.3, 0.4) is 0 Å². The maximum absolute atomic E-state index is 11.6. The molecule has 1 amide bonds. The minimum absolute atomic E-state index is 0.110. The predicted molar refractivity (Wildman–Crippen MR) is 50.2 cm³/mol. The first-order valence-electron chi connectivity index (χ1n) is 4.30. The number of methoxy groups -OCH3 is 1. The lowest BCUT2D eigenvalue weighted by atomic mass is 10.3. The Morgan fingerprint density at radius 1 is 1.60 bits per heavy atom. The number of aromatic nitrogens is 1. The van der Waals surface area contributed by atoms with E-state index >= 15 is 0 Å². The monoisotopic (exact) mass is 212 g/mol. The summed E-state index contributed by atoms with van der Waals surface area (Å²) in [4.78, 5) is 23.7. The molecule has 0 spiro atoms. The minimum Gasteiger partial charge on any atom is -0.468 e. The first-order valence-corrected chi connectivity index (χ1v) is 4.30. The Labute approximate surface area is 86.8 Å². The summed E-state index contributed by atoms with van der Waals surface area (Å²) in [5, 5.41) is 3.58. The molecule has 15 heavy (non-hydrogen) atoms. The van der Waals surface area contributed by atoms with E-state index in [2.05, 4.69) is 9.89 Å². The average Bonchev–Trinajstić information content (AvgIpc) is 2.63. The Morgan fingerprint density at radius 2 is 2.27 bits per heavy atom. The second-order valence-electron chi connectivity index (χ2n) is 3.07. The van der Waals surface area contributed by atoms with Crippen LogP contribution in [0.4, 0.5) is 0 Å². The van der Waals surface area contributed by atoms with Gasteiger partial charge in [-0.05, 0) is 6.92 Å². The molecule has 0 aliphatic carbocycles. The Morgan fingerprint density at radius 3 is 2.73 bits per heavy atom. The van der Waals surface area contributed by atoms with E-state index in [9.17, 15) is 9.59 Å². The van der Waals surface area contributed by atoms with E-state index < -0.39 is 11.9 Å². The molecular formula is C9H12N2O4. The molecule has 0 unspecified atom stereocenters. The van der Waals surface area contributed by atoms with Gasteiger partial charge in [-0.1, -0.05) is 5.16 Å². The molecule has 0 aliphatic rings. The number of amides is 1. The van der Waals surface area contributed by atoms with Crippen molar-refractivity contribution in [3.8, 4) is 0 Å². The molecule has 82 valence electrons. The first-order chi connectivity index (χ1) is 7.04. The lowest BCUT2D eigenvalue weighted by Crippen LogP contribution is -2.32. The van der Waals surface area contributed by atoms with E-state index in [4.69, 9.17) is 4.52 Å². The van der Waals surface area contributed by atoms with Crippen molar-refractivity contribution in [2.45, 2.75) is 6.92 Å². The third-order valence-corrected chi connectivity index (χ3v) is 1.78. The quantitative estimate of drug-likeness (QED) is 0.670. The van der Waals surface area contributed by atoms with Gasteiger partial charge in [0.05, 0.1) is 12.8 Å². The van der Waals surface area contributed by atoms with Gasteiger partial charge in [0.1, 0.15) is 6.54 Å². The third kappa shape index (κ3) is 2.80. The number of aryl methyl sites for hydroxylation is 1. The molecule has 1 heterocycles. The highest BCUT2D eigenvalue weighted by atomic mass is 16.5. The van der Waals surface area contributed by atoms with E-state index in [-0.39, 0.29) is 12.3 Å². The van der Waals surface area contributed by atoms with Crippen molar-refractivity contribution >= 4 is 11.9 Å². The van der Waals surface area contributed by atoms with Gasteiger partial charge in [0.2, 0.25) is 5.76 Å².